The van der Waals surface area contributed by atoms with Crippen LogP contribution < -0.4 is 14.4 Å². The first-order valence-electron chi connectivity index (χ1n) is 13.7. The van der Waals surface area contributed by atoms with Crippen LogP contribution in [0.15, 0.2) is 108 Å². The number of carbonyl (C=O) groups is 2. The van der Waals surface area contributed by atoms with Gasteiger partial charge in [-0.3, -0.25) is 13.9 Å². The van der Waals surface area contributed by atoms with Crippen LogP contribution >= 0.6 is 0 Å². The number of carbonyl (C=O) groups excluding carboxylic acids is 2. The highest BCUT2D eigenvalue weighted by atomic mass is 32.2. The molecule has 43 heavy (non-hydrogen) atoms. The lowest BCUT2D eigenvalue weighted by molar-refractivity contribution is -0.139. The summed E-state index contributed by atoms with van der Waals surface area (Å²) in [6, 6.07) is 26.7. The molecular formula is C33H34FN3O5S. The maximum Gasteiger partial charge on any atom is 0.264 e. The van der Waals surface area contributed by atoms with Crippen molar-refractivity contribution in [1.82, 2.24) is 10.2 Å². The number of benzene rings is 4. The van der Waals surface area contributed by atoms with Crippen LogP contribution in [0.5, 0.6) is 5.75 Å². The lowest BCUT2D eigenvalue weighted by Crippen LogP contribution is -2.53. The van der Waals surface area contributed by atoms with Crippen LogP contribution in [0.1, 0.15) is 16.7 Å². The quantitative estimate of drug-likeness (QED) is 0.253. The van der Waals surface area contributed by atoms with Crippen LogP contribution in [-0.2, 0) is 32.6 Å². The molecule has 1 N–H and O–H groups in total. The Morgan fingerprint density at radius 2 is 1.53 bits per heavy atom. The topological polar surface area (TPSA) is 96.0 Å². The summed E-state index contributed by atoms with van der Waals surface area (Å²) in [5.74, 6) is -1.37. The number of hydrogen-bond acceptors (Lipinski definition) is 5. The summed E-state index contributed by atoms with van der Waals surface area (Å²) in [5, 5.41) is 2.64. The Bertz CT molecular complexity index is 1660. The Morgan fingerprint density at radius 3 is 2.19 bits per heavy atom. The molecule has 0 bridgehead atoms. The van der Waals surface area contributed by atoms with Gasteiger partial charge >= 0.3 is 0 Å². The third kappa shape index (κ3) is 7.58. The van der Waals surface area contributed by atoms with Crippen molar-refractivity contribution in [3.63, 3.8) is 0 Å². The number of methoxy groups -OCH3 is 1. The van der Waals surface area contributed by atoms with Gasteiger partial charge in [-0.05, 0) is 54.4 Å². The number of anilines is 1. The standard InChI is InChI=1S/C33H34FN3O5S/c1-24-16-18-28(19-17-24)43(40,41)37(30-15-8-7-14-29(30)34)23-32(38)36(22-26-12-9-13-27(20-26)42-3)31(33(39)35-2)21-25-10-5-4-6-11-25/h4-20,31H,21-23H2,1-3H3,(H,35,39). The lowest BCUT2D eigenvalue weighted by Gasteiger charge is -2.33. The molecule has 0 saturated heterocycles. The number of para-hydroxylation sites is 1. The molecule has 0 spiro atoms. The lowest BCUT2D eigenvalue weighted by atomic mass is 10.0. The van der Waals surface area contributed by atoms with Crippen molar-refractivity contribution in [3.05, 3.63) is 126 Å². The van der Waals surface area contributed by atoms with E-state index in [9.17, 15) is 18.0 Å². The van der Waals surface area contributed by atoms with Crippen molar-refractivity contribution in [2.75, 3.05) is 25.0 Å². The number of likely N-dealkylation sites (N-methyl/N-ethyl adjacent to an activating group) is 1. The van der Waals surface area contributed by atoms with Gasteiger partial charge in [0.2, 0.25) is 11.8 Å². The van der Waals surface area contributed by atoms with Gasteiger partial charge in [0.15, 0.2) is 0 Å². The predicted octanol–water partition coefficient (Wildman–Crippen LogP) is 4.72. The van der Waals surface area contributed by atoms with Crippen LogP contribution in [-0.4, -0.2) is 51.9 Å². The average Bonchev–Trinajstić information content (AvgIpc) is 3.02. The van der Waals surface area contributed by atoms with Crippen molar-refractivity contribution >= 4 is 27.5 Å². The number of ether oxygens (including phenoxy) is 1. The second-order valence-corrected chi connectivity index (χ2v) is 11.8. The smallest absolute Gasteiger partial charge is 0.264 e. The highest BCUT2D eigenvalue weighted by Crippen LogP contribution is 2.27. The van der Waals surface area contributed by atoms with E-state index in [-0.39, 0.29) is 23.5 Å². The van der Waals surface area contributed by atoms with Crippen molar-refractivity contribution in [1.29, 1.82) is 0 Å². The Labute approximate surface area is 251 Å². The molecule has 4 aromatic carbocycles. The van der Waals surface area contributed by atoms with Gasteiger partial charge in [-0.15, -0.1) is 0 Å². The van der Waals surface area contributed by atoms with Crippen LogP contribution in [0.2, 0.25) is 0 Å². The number of hydrogen-bond donors (Lipinski definition) is 1. The number of sulfonamides is 1. The van der Waals surface area contributed by atoms with Gasteiger partial charge < -0.3 is 15.0 Å². The molecule has 4 rings (SSSR count). The summed E-state index contributed by atoms with van der Waals surface area (Å²) < 4.78 is 49.1. The minimum atomic E-state index is -4.39. The number of rotatable bonds is 12. The molecule has 0 fully saturated rings. The number of halogens is 1. The maximum absolute atomic E-state index is 15.2. The van der Waals surface area contributed by atoms with E-state index in [1.54, 1.807) is 36.4 Å². The number of amides is 2. The van der Waals surface area contributed by atoms with Crippen LogP contribution in [0.3, 0.4) is 0 Å². The van der Waals surface area contributed by atoms with Gasteiger partial charge in [0.05, 0.1) is 17.7 Å². The van der Waals surface area contributed by atoms with Gasteiger partial charge in [0.1, 0.15) is 24.2 Å². The van der Waals surface area contributed by atoms with E-state index in [1.807, 2.05) is 37.3 Å². The number of nitrogens with one attached hydrogen (secondary N) is 1. The largest absolute Gasteiger partial charge is 0.497 e. The van der Waals surface area contributed by atoms with Crippen molar-refractivity contribution in [2.24, 2.45) is 0 Å². The minimum Gasteiger partial charge on any atom is -0.497 e. The summed E-state index contributed by atoms with van der Waals surface area (Å²) in [5.41, 5.74) is 2.02. The van der Waals surface area contributed by atoms with E-state index in [4.69, 9.17) is 4.74 Å². The molecule has 8 nitrogen and oxygen atoms in total. The fraction of sp³-hybridized carbons (Fsp3) is 0.212. The molecule has 0 aliphatic carbocycles. The molecule has 4 aromatic rings. The molecule has 0 heterocycles. The Balaban J connectivity index is 1.80. The Morgan fingerprint density at radius 1 is 0.884 bits per heavy atom. The molecule has 0 aliphatic rings. The first-order valence-corrected chi connectivity index (χ1v) is 15.1. The molecule has 0 saturated carbocycles. The molecular weight excluding hydrogens is 569 g/mol. The zero-order chi connectivity index (χ0) is 31.0. The Kier molecular flexibility index (Phi) is 10.2. The summed E-state index contributed by atoms with van der Waals surface area (Å²) in [4.78, 5) is 28.8. The number of aryl methyl sites for hydroxylation is 1. The third-order valence-electron chi connectivity index (χ3n) is 7.01. The zero-order valence-electron chi connectivity index (χ0n) is 24.2. The van der Waals surface area contributed by atoms with E-state index in [1.165, 1.54) is 49.4 Å². The number of nitrogens with zero attached hydrogens (tertiary/aromatic N) is 2. The highest BCUT2D eigenvalue weighted by Gasteiger charge is 2.35. The summed E-state index contributed by atoms with van der Waals surface area (Å²) in [6.07, 6.45) is 0.167. The zero-order valence-corrected chi connectivity index (χ0v) is 25.1. The summed E-state index contributed by atoms with van der Waals surface area (Å²) >= 11 is 0. The van der Waals surface area contributed by atoms with Crippen LogP contribution in [0, 0.1) is 12.7 Å². The monoisotopic (exact) mass is 603 g/mol. The van der Waals surface area contributed by atoms with Gasteiger partial charge in [0.25, 0.3) is 10.0 Å². The molecule has 10 heteroatoms. The molecule has 224 valence electrons. The predicted molar refractivity (Wildman–Crippen MR) is 164 cm³/mol. The van der Waals surface area contributed by atoms with E-state index in [2.05, 4.69) is 5.32 Å². The molecule has 0 aromatic heterocycles. The fourth-order valence-electron chi connectivity index (χ4n) is 4.69. The molecule has 1 unspecified atom stereocenters. The molecule has 0 radical (unpaired) electrons. The van der Waals surface area contributed by atoms with E-state index in [0.29, 0.717) is 11.3 Å². The van der Waals surface area contributed by atoms with Gasteiger partial charge in [-0.1, -0.05) is 72.3 Å². The summed E-state index contributed by atoms with van der Waals surface area (Å²) in [6.45, 7) is 1.04. The second-order valence-electron chi connectivity index (χ2n) is 9.97. The molecule has 1 atom stereocenters. The van der Waals surface area contributed by atoms with Crippen molar-refractivity contribution in [3.8, 4) is 5.75 Å². The van der Waals surface area contributed by atoms with Crippen LogP contribution in [0.4, 0.5) is 10.1 Å². The minimum absolute atomic E-state index is 0.0311. The SMILES string of the molecule is CNC(=O)C(Cc1ccccc1)N(Cc1cccc(OC)c1)C(=O)CN(c1ccccc1F)S(=O)(=O)c1ccc(C)cc1. The second kappa shape index (κ2) is 14.0. The highest BCUT2D eigenvalue weighted by molar-refractivity contribution is 7.92. The molecule has 2 amide bonds. The first kappa shape index (κ1) is 31.2. The first-order chi connectivity index (χ1) is 20.6. The van der Waals surface area contributed by atoms with Gasteiger partial charge in [-0.25, -0.2) is 12.8 Å². The third-order valence-corrected chi connectivity index (χ3v) is 8.79. The fourth-order valence-corrected chi connectivity index (χ4v) is 6.11. The van der Waals surface area contributed by atoms with Crippen LogP contribution in [0.25, 0.3) is 0 Å². The van der Waals surface area contributed by atoms with Crippen molar-refractivity contribution in [2.45, 2.75) is 30.8 Å². The molecule has 0 aliphatic heterocycles. The van der Waals surface area contributed by atoms with E-state index in [0.717, 1.165) is 21.5 Å². The van der Waals surface area contributed by atoms with Crippen molar-refractivity contribution < 1.29 is 27.1 Å². The maximum atomic E-state index is 15.2. The average molecular weight is 604 g/mol. The normalized spacial score (nSPS) is 11.8. The van der Waals surface area contributed by atoms with E-state index < -0.39 is 40.2 Å². The van der Waals surface area contributed by atoms with E-state index >= 15 is 4.39 Å². The summed E-state index contributed by atoms with van der Waals surface area (Å²) in [7, 11) is -1.40. The van der Waals surface area contributed by atoms with Gasteiger partial charge in [-0.2, -0.15) is 0 Å². The van der Waals surface area contributed by atoms with Gasteiger partial charge in [0, 0.05) is 20.0 Å². The Hall–Kier alpha value is -4.70.